The van der Waals surface area contributed by atoms with Gasteiger partial charge in [-0.25, -0.2) is 0 Å². The van der Waals surface area contributed by atoms with Crippen LogP contribution in [-0.4, -0.2) is 6.26 Å². The third-order valence-electron chi connectivity index (χ3n) is 2.45. The monoisotopic (exact) mass is 304 g/mol. The topological polar surface area (TPSA) is 0 Å². The lowest BCUT2D eigenvalue weighted by molar-refractivity contribution is 1.45. The summed E-state index contributed by atoms with van der Waals surface area (Å²) in [5, 5.41) is 0. The van der Waals surface area contributed by atoms with Crippen LogP contribution < -0.4 is 0 Å². The Labute approximate surface area is 115 Å². The van der Waals surface area contributed by atoms with Crippen molar-refractivity contribution in [3.05, 3.63) is 64.1 Å². The van der Waals surface area contributed by atoms with E-state index in [1.165, 1.54) is 16.0 Å². The van der Waals surface area contributed by atoms with Crippen molar-refractivity contribution in [1.82, 2.24) is 0 Å². The molecule has 0 spiro atoms. The molecule has 0 heterocycles. The van der Waals surface area contributed by atoms with Gasteiger partial charge in [0, 0.05) is 9.37 Å². The van der Waals surface area contributed by atoms with E-state index < -0.39 is 0 Å². The van der Waals surface area contributed by atoms with Crippen molar-refractivity contribution in [2.75, 3.05) is 6.26 Å². The van der Waals surface area contributed by atoms with E-state index in [0.29, 0.717) is 0 Å². The zero-order valence-corrected chi connectivity index (χ0v) is 12.0. The molecule has 2 aromatic carbocycles. The van der Waals surface area contributed by atoms with Gasteiger partial charge in [-0.3, -0.25) is 0 Å². The molecule has 0 unspecified atom stereocenters. The van der Waals surface area contributed by atoms with Crippen molar-refractivity contribution in [3.8, 4) is 0 Å². The molecule has 0 N–H and O–H groups in total. The zero-order valence-electron chi connectivity index (χ0n) is 9.56. The van der Waals surface area contributed by atoms with Crippen molar-refractivity contribution >= 4 is 39.8 Å². The predicted molar refractivity (Wildman–Crippen MR) is 81.3 cm³/mol. The highest BCUT2D eigenvalue weighted by atomic mass is 79.9. The van der Waals surface area contributed by atoms with E-state index in [-0.39, 0.29) is 0 Å². The van der Waals surface area contributed by atoms with Crippen LogP contribution in [0.4, 0.5) is 0 Å². The summed E-state index contributed by atoms with van der Waals surface area (Å²) in [5.74, 6) is 0. The lowest BCUT2D eigenvalue weighted by Gasteiger charge is -1.97. The Hall–Kier alpha value is -0.990. The fraction of sp³-hybridized carbons (Fsp3) is 0.0667. The van der Waals surface area contributed by atoms with Gasteiger partial charge in [0.15, 0.2) is 0 Å². The van der Waals surface area contributed by atoms with Gasteiger partial charge in [-0.15, -0.1) is 11.8 Å². The van der Waals surface area contributed by atoms with Gasteiger partial charge in [-0.1, -0.05) is 52.3 Å². The third-order valence-corrected chi connectivity index (χ3v) is 3.73. The number of benzene rings is 2. The second kappa shape index (κ2) is 6.08. The molecule has 0 amide bonds. The van der Waals surface area contributed by atoms with Crippen LogP contribution in [0.2, 0.25) is 0 Å². The second-order valence-corrected chi connectivity index (χ2v) is 5.45. The molecule has 2 rings (SSSR count). The van der Waals surface area contributed by atoms with Gasteiger partial charge < -0.3 is 0 Å². The average Bonchev–Trinajstić information content (AvgIpc) is 2.39. The van der Waals surface area contributed by atoms with Crippen LogP contribution in [0, 0.1) is 0 Å². The highest BCUT2D eigenvalue weighted by molar-refractivity contribution is 9.10. The number of hydrogen-bond donors (Lipinski definition) is 0. The number of halogens is 1. The lowest BCUT2D eigenvalue weighted by Crippen LogP contribution is -1.74. The summed E-state index contributed by atoms with van der Waals surface area (Å²) in [6.45, 7) is 0. The maximum atomic E-state index is 3.43. The molecule has 86 valence electrons. The fourth-order valence-electron chi connectivity index (χ4n) is 1.48. The quantitative estimate of drug-likeness (QED) is 0.545. The molecule has 0 fully saturated rings. The summed E-state index contributed by atoms with van der Waals surface area (Å²) in [6.07, 6.45) is 6.35. The Morgan fingerprint density at radius 2 is 1.29 bits per heavy atom. The molecule has 0 aliphatic heterocycles. The van der Waals surface area contributed by atoms with E-state index in [2.05, 4.69) is 82.9 Å². The van der Waals surface area contributed by atoms with Gasteiger partial charge in [0.05, 0.1) is 0 Å². The van der Waals surface area contributed by atoms with Crippen LogP contribution in [-0.2, 0) is 0 Å². The maximum Gasteiger partial charge on any atom is 0.0175 e. The largest absolute Gasteiger partial charge is 0.130 e. The first kappa shape index (κ1) is 12.5. The summed E-state index contributed by atoms with van der Waals surface area (Å²) >= 11 is 5.20. The molecular formula is C15H13BrS. The standard InChI is InChI=1S/C15H13BrS/c1-17-15-10-6-13(7-11-15)3-2-12-4-8-14(16)9-5-12/h2-11H,1H3/b3-2+. The van der Waals surface area contributed by atoms with Crippen LogP contribution in [0.1, 0.15) is 11.1 Å². The van der Waals surface area contributed by atoms with E-state index in [1.807, 2.05) is 0 Å². The highest BCUT2D eigenvalue weighted by Gasteiger charge is 1.91. The van der Waals surface area contributed by atoms with E-state index in [0.717, 1.165) is 4.47 Å². The van der Waals surface area contributed by atoms with Crippen molar-refractivity contribution in [2.45, 2.75) is 4.90 Å². The summed E-state index contributed by atoms with van der Waals surface area (Å²) < 4.78 is 1.11. The van der Waals surface area contributed by atoms with E-state index in [1.54, 1.807) is 11.8 Å². The van der Waals surface area contributed by atoms with E-state index >= 15 is 0 Å². The van der Waals surface area contributed by atoms with Crippen molar-refractivity contribution < 1.29 is 0 Å². The molecule has 0 aromatic heterocycles. The first-order valence-electron chi connectivity index (χ1n) is 5.35. The van der Waals surface area contributed by atoms with Crippen LogP contribution in [0.5, 0.6) is 0 Å². The molecule has 17 heavy (non-hydrogen) atoms. The third kappa shape index (κ3) is 3.76. The predicted octanol–water partition coefficient (Wildman–Crippen LogP) is 5.34. The van der Waals surface area contributed by atoms with Gasteiger partial charge in [-0.05, 0) is 41.6 Å². The zero-order chi connectivity index (χ0) is 12.1. The molecule has 0 radical (unpaired) electrons. The SMILES string of the molecule is CSc1ccc(/C=C/c2ccc(Br)cc2)cc1. The Morgan fingerprint density at radius 1 is 0.824 bits per heavy atom. The van der Waals surface area contributed by atoms with Gasteiger partial charge in [0.25, 0.3) is 0 Å². The Balaban J connectivity index is 2.11. The Kier molecular flexibility index (Phi) is 4.46. The van der Waals surface area contributed by atoms with Gasteiger partial charge in [0.1, 0.15) is 0 Å². The van der Waals surface area contributed by atoms with Crippen LogP contribution >= 0.6 is 27.7 Å². The molecule has 0 aliphatic carbocycles. The van der Waals surface area contributed by atoms with Crippen LogP contribution in [0.3, 0.4) is 0 Å². The Morgan fingerprint density at radius 3 is 1.76 bits per heavy atom. The minimum absolute atomic E-state index is 1.11. The fourth-order valence-corrected chi connectivity index (χ4v) is 2.15. The molecule has 0 bridgehead atoms. The summed E-state index contributed by atoms with van der Waals surface area (Å²) in [5.41, 5.74) is 2.44. The van der Waals surface area contributed by atoms with Crippen LogP contribution in [0.15, 0.2) is 57.9 Å². The van der Waals surface area contributed by atoms with Crippen molar-refractivity contribution in [1.29, 1.82) is 0 Å². The summed E-state index contributed by atoms with van der Waals surface area (Å²) in [6, 6.07) is 16.9. The number of thioether (sulfide) groups is 1. The van der Waals surface area contributed by atoms with Crippen LogP contribution in [0.25, 0.3) is 12.2 Å². The maximum absolute atomic E-state index is 3.43. The normalized spacial score (nSPS) is 10.9. The molecule has 0 atom stereocenters. The van der Waals surface area contributed by atoms with Crippen molar-refractivity contribution in [3.63, 3.8) is 0 Å². The summed E-state index contributed by atoms with van der Waals surface area (Å²) in [7, 11) is 0. The average molecular weight is 305 g/mol. The van der Waals surface area contributed by atoms with Gasteiger partial charge >= 0.3 is 0 Å². The molecule has 0 aliphatic rings. The molecular weight excluding hydrogens is 292 g/mol. The molecule has 2 heteroatoms. The van der Waals surface area contributed by atoms with Gasteiger partial charge in [0.2, 0.25) is 0 Å². The molecule has 0 saturated heterocycles. The first-order chi connectivity index (χ1) is 8.28. The summed E-state index contributed by atoms with van der Waals surface area (Å²) in [4.78, 5) is 1.30. The van der Waals surface area contributed by atoms with Crippen molar-refractivity contribution in [2.24, 2.45) is 0 Å². The van der Waals surface area contributed by atoms with E-state index in [9.17, 15) is 0 Å². The van der Waals surface area contributed by atoms with Gasteiger partial charge in [-0.2, -0.15) is 0 Å². The first-order valence-corrected chi connectivity index (χ1v) is 7.37. The molecule has 0 nitrogen and oxygen atoms in total. The molecule has 0 saturated carbocycles. The minimum atomic E-state index is 1.11. The number of rotatable bonds is 3. The minimum Gasteiger partial charge on any atom is -0.130 e. The molecule has 2 aromatic rings. The second-order valence-electron chi connectivity index (χ2n) is 3.66. The van der Waals surface area contributed by atoms with E-state index in [4.69, 9.17) is 0 Å². The number of hydrogen-bond acceptors (Lipinski definition) is 1. The Bertz CT molecular complexity index is 497. The smallest absolute Gasteiger partial charge is 0.0175 e. The highest BCUT2D eigenvalue weighted by Crippen LogP contribution is 2.17. The lowest BCUT2D eigenvalue weighted by atomic mass is 10.1.